The van der Waals surface area contributed by atoms with Gasteiger partial charge in [0, 0.05) is 25.3 Å². The number of carbonyl (C=O) groups excluding carboxylic acids is 1. The summed E-state index contributed by atoms with van der Waals surface area (Å²) in [5.41, 5.74) is 3.67. The van der Waals surface area contributed by atoms with E-state index in [0.29, 0.717) is 6.54 Å². The van der Waals surface area contributed by atoms with Gasteiger partial charge in [0.25, 0.3) is 5.91 Å². The second kappa shape index (κ2) is 9.27. The van der Waals surface area contributed by atoms with Gasteiger partial charge in [0.1, 0.15) is 5.75 Å². The van der Waals surface area contributed by atoms with Crippen molar-refractivity contribution >= 4 is 11.6 Å². The van der Waals surface area contributed by atoms with Gasteiger partial charge in [0.15, 0.2) is 6.61 Å². The molecule has 0 spiro atoms. The number of hydrogen-bond acceptors (Lipinski definition) is 3. The first kappa shape index (κ1) is 18.3. The van der Waals surface area contributed by atoms with E-state index in [0.717, 1.165) is 30.8 Å². The molecule has 2 aromatic rings. The fourth-order valence-electron chi connectivity index (χ4n) is 3.28. The number of piperidine rings is 1. The molecule has 1 fully saturated rings. The molecule has 1 aliphatic heterocycles. The number of hydrogen-bond donors (Lipinski definition) is 1. The van der Waals surface area contributed by atoms with Gasteiger partial charge in [-0.15, -0.1) is 0 Å². The van der Waals surface area contributed by atoms with E-state index < -0.39 is 0 Å². The number of nitrogens with zero attached hydrogens (tertiary/aromatic N) is 1. The van der Waals surface area contributed by atoms with Crippen molar-refractivity contribution < 1.29 is 9.53 Å². The van der Waals surface area contributed by atoms with Gasteiger partial charge in [-0.3, -0.25) is 4.79 Å². The molecule has 0 aliphatic carbocycles. The topological polar surface area (TPSA) is 41.6 Å². The van der Waals surface area contributed by atoms with E-state index in [1.54, 1.807) is 0 Å². The molecule has 4 nitrogen and oxygen atoms in total. The Morgan fingerprint density at radius 2 is 1.85 bits per heavy atom. The standard InChI is InChI=1S/C22H28N2O2/c1-18-6-5-7-21(16-18)26-17-22(25)23-13-12-19-8-10-20(11-9-19)24-14-3-2-4-15-24/h5-11,16H,2-4,12-15,17H2,1H3,(H,23,25). The lowest BCUT2D eigenvalue weighted by atomic mass is 10.1. The molecule has 3 rings (SSSR count). The molecule has 0 bridgehead atoms. The van der Waals surface area contributed by atoms with Crippen LogP contribution in [0.15, 0.2) is 48.5 Å². The third-order valence-corrected chi connectivity index (χ3v) is 4.75. The Kier molecular flexibility index (Phi) is 6.53. The van der Waals surface area contributed by atoms with Crippen LogP contribution in [-0.4, -0.2) is 32.1 Å². The Balaban J connectivity index is 1.38. The van der Waals surface area contributed by atoms with Crippen LogP contribution in [0.3, 0.4) is 0 Å². The van der Waals surface area contributed by atoms with Gasteiger partial charge < -0.3 is 15.0 Å². The van der Waals surface area contributed by atoms with Crippen molar-refractivity contribution in [2.45, 2.75) is 32.6 Å². The van der Waals surface area contributed by atoms with Gasteiger partial charge in [-0.25, -0.2) is 0 Å². The molecule has 1 aliphatic rings. The van der Waals surface area contributed by atoms with Crippen LogP contribution in [0.4, 0.5) is 5.69 Å². The second-order valence-electron chi connectivity index (χ2n) is 6.92. The maximum Gasteiger partial charge on any atom is 0.257 e. The van der Waals surface area contributed by atoms with E-state index in [2.05, 4.69) is 34.5 Å². The van der Waals surface area contributed by atoms with E-state index in [1.807, 2.05) is 31.2 Å². The van der Waals surface area contributed by atoms with Crippen molar-refractivity contribution in [2.24, 2.45) is 0 Å². The number of ether oxygens (including phenoxy) is 1. The number of anilines is 1. The summed E-state index contributed by atoms with van der Waals surface area (Å²) in [7, 11) is 0. The van der Waals surface area contributed by atoms with Crippen molar-refractivity contribution in [3.8, 4) is 5.75 Å². The van der Waals surface area contributed by atoms with Gasteiger partial charge >= 0.3 is 0 Å². The Hall–Kier alpha value is -2.49. The van der Waals surface area contributed by atoms with Crippen molar-refractivity contribution in [3.05, 3.63) is 59.7 Å². The third-order valence-electron chi connectivity index (χ3n) is 4.75. The zero-order valence-electron chi connectivity index (χ0n) is 15.5. The minimum atomic E-state index is -0.0866. The minimum absolute atomic E-state index is 0.0529. The summed E-state index contributed by atoms with van der Waals surface area (Å²) >= 11 is 0. The van der Waals surface area contributed by atoms with Gasteiger partial charge in [-0.2, -0.15) is 0 Å². The fraction of sp³-hybridized carbons (Fsp3) is 0.409. The van der Waals surface area contributed by atoms with Crippen LogP contribution in [-0.2, 0) is 11.2 Å². The lowest BCUT2D eigenvalue weighted by Crippen LogP contribution is -2.30. The smallest absolute Gasteiger partial charge is 0.257 e. The summed E-state index contributed by atoms with van der Waals surface area (Å²) in [6, 6.07) is 16.5. The van der Waals surface area contributed by atoms with Crippen LogP contribution in [0, 0.1) is 6.92 Å². The highest BCUT2D eigenvalue weighted by Crippen LogP contribution is 2.20. The normalized spacial score (nSPS) is 14.1. The second-order valence-corrected chi connectivity index (χ2v) is 6.92. The first-order valence-electron chi connectivity index (χ1n) is 9.51. The lowest BCUT2D eigenvalue weighted by molar-refractivity contribution is -0.123. The van der Waals surface area contributed by atoms with Crippen molar-refractivity contribution in [2.75, 3.05) is 31.1 Å². The zero-order chi connectivity index (χ0) is 18.2. The average molecular weight is 352 g/mol. The number of aryl methyl sites for hydroxylation is 1. The predicted molar refractivity (Wildman–Crippen MR) is 106 cm³/mol. The Labute approximate surface area is 156 Å². The number of rotatable bonds is 7. The maximum atomic E-state index is 11.9. The summed E-state index contributed by atoms with van der Waals surface area (Å²) in [6.45, 7) is 5.01. The molecule has 0 atom stereocenters. The lowest BCUT2D eigenvalue weighted by Gasteiger charge is -2.28. The predicted octanol–water partition coefficient (Wildman–Crippen LogP) is 3.72. The summed E-state index contributed by atoms with van der Waals surface area (Å²) < 4.78 is 5.52. The van der Waals surface area contributed by atoms with Crippen LogP contribution in [0.25, 0.3) is 0 Å². The largest absolute Gasteiger partial charge is 0.484 e. The highest BCUT2D eigenvalue weighted by Gasteiger charge is 2.10. The number of nitrogens with one attached hydrogen (secondary N) is 1. The minimum Gasteiger partial charge on any atom is -0.484 e. The van der Waals surface area contributed by atoms with Gasteiger partial charge in [0.05, 0.1) is 0 Å². The first-order valence-corrected chi connectivity index (χ1v) is 9.51. The molecule has 0 radical (unpaired) electrons. The van der Waals surface area contributed by atoms with Crippen LogP contribution in [0.2, 0.25) is 0 Å². The molecule has 1 saturated heterocycles. The molecule has 0 aromatic heterocycles. The summed E-state index contributed by atoms with van der Waals surface area (Å²) in [5.74, 6) is 0.643. The monoisotopic (exact) mass is 352 g/mol. The number of amides is 1. The Morgan fingerprint density at radius 1 is 1.08 bits per heavy atom. The molecular weight excluding hydrogens is 324 g/mol. The molecule has 2 aromatic carbocycles. The van der Waals surface area contributed by atoms with Gasteiger partial charge in [-0.1, -0.05) is 24.3 Å². The quantitative estimate of drug-likeness (QED) is 0.826. The molecule has 1 N–H and O–H groups in total. The van der Waals surface area contributed by atoms with E-state index in [4.69, 9.17) is 4.74 Å². The van der Waals surface area contributed by atoms with E-state index >= 15 is 0 Å². The molecule has 26 heavy (non-hydrogen) atoms. The zero-order valence-corrected chi connectivity index (χ0v) is 15.5. The molecule has 0 saturated carbocycles. The molecule has 4 heteroatoms. The van der Waals surface area contributed by atoms with Gasteiger partial charge in [-0.05, 0) is 68.0 Å². The molecule has 138 valence electrons. The van der Waals surface area contributed by atoms with Gasteiger partial charge in [0.2, 0.25) is 0 Å². The summed E-state index contributed by atoms with van der Waals surface area (Å²) in [6.07, 6.45) is 4.76. The average Bonchev–Trinajstić information content (AvgIpc) is 2.68. The highest BCUT2D eigenvalue weighted by molar-refractivity contribution is 5.77. The number of benzene rings is 2. The van der Waals surface area contributed by atoms with Crippen molar-refractivity contribution in [1.29, 1.82) is 0 Å². The number of carbonyl (C=O) groups is 1. The SMILES string of the molecule is Cc1cccc(OCC(=O)NCCc2ccc(N3CCCCC3)cc2)c1. The van der Waals surface area contributed by atoms with Crippen LogP contribution in [0.1, 0.15) is 30.4 Å². The molecule has 1 amide bonds. The first-order chi connectivity index (χ1) is 12.7. The van der Waals surface area contributed by atoms with Crippen LogP contribution >= 0.6 is 0 Å². The van der Waals surface area contributed by atoms with E-state index in [-0.39, 0.29) is 12.5 Å². The van der Waals surface area contributed by atoms with E-state index in [1.165, 1.54) is 30.5 Å². The fourth-order valence-corrected chi connectivity index (χ4v) is 3.28. The Morgan fingerprint density at radius 3 is 2.58 bits per heavy atom. The van der Waals surface area contributed by atoms with E-state index in [9.17, 15) is 4.79 Å². The molecule has 1 heterocycles. The summed E-state index contributed by atoms with van der Waals surface area (Å²) in [5, 5.41) is 2.92. The summed E-state index contributed by atoms with van der Waals surface area (Å²) in [4.78, 5) is 14.4. The Bertz CT molecular complexity index is 706. The highest BCUT2D eigenvalue weighted by atomic mass is 16.5. The van der Waals surface area contributed by atoms with Crippen molar-refractivity contribution in [1.82, 2.24) is 5.32 Å². The molecular formula is C22H28N2O2. The molecule has 0 unspecified atom stereocenters. The maximum absolute atomic E-state index is 11.9. The van der Waals surface area contributed by atoms with Crippen molar-refractivity contribution in [3.63, 3.8) is 0 Å². The van der Waals surface area contributed by atoms with Crippen LogP contribution < -0.4 is 15.0 Å². The van der Waals surface area contributed by atoms with Crippen LogP contribution in [0.5, 0.6) is 5.75 Å². The third kappa shape index (κ3) is 5.51.